The van der Waals surface area contributed by atoms with Gasteiger partial charge in [-0.25, -0.2) is 9.59 Å². The molecule has 0 aliphatic heterocycles. The van der Waals surface area contributed by atoms with Gasteiger partial charge in [-0.1, -0.05) is 0 Å². The number of carbonyl (C=O) groups is 3. The number of carbonyl (C=O) groups excluding carboxylic acids is 3. The number of nitrogen functional groups attached to an aromatic ring is 1. The smallest absolute Gasteiger partial charge is 0.338 e. The standard InChI is InChI=1S/C20H24N4O6/c21-15-2-1-14(6-16(15)24(28)29)18(26)30-10-17(25)22-19(27)23-20-7-11-3-12(8-20)5-13(4-11)9-20/h1-2,6,11-13H,3-5,7-10,21H2,(H2,22,23,25,27). The molecule has 1 aromatic carbocycles. The van der Waals surface area contributed by atoms with Crippen molar-refractivity contribution in [2.75, 3.05) is 12.3 Å². The highest BCUT2D eigenvalue weighted by Crippen LogP contribution is 2.55. The van der Waals surface area contributed by atoms with E-state index >= 15 is 0 Å². The zero-order valence-corrected chi connectivity index (χ0v) is 16.4. The third-order valence-electron chi connectivity index (χ3n) is 6.47. The second-order valence-corrected chi connectivity index (χ2v) is 8.81. The Balaban J connectivity index is 1.28. The van der Waals surface area contributed by atoms with Gasteiger partial charge in [0.15, 0.2) is 6.61 Å². The number of nitrogens with two attached hydrogens (primary N) is 1. The summed E-state index contributed by atoms with van der Waals surface area (Å²) in [5.41, 5.74) is 4.63. The molecule has 4 aliphatic rings. The molecule has 0 saturated heterocycles. The van der Waals surface area contributed by atoms with Crippen LogP contribution >= 0.6 is 0 Å². The van der Waals surface area contributed by atoms with E-state index in [-0.39, 0.29) is 16.8 Å². The van der Waals surface area contributed by atoms with E-state index in [1.54, 1.807) is 0 Å². The molecule has 1 aromatic rings. The summed E-state index contributed by atoms with van der Waals surface area (Å²) in [4.78, 5) is 46.6. The maximum absolute atomic E-state index is 12.3. The maximum atomic E-state index is 12.3. The molecule has 10 nitrogen and oxygen atoms in total. The molecule has 0 radical (unpaired) electrons. The first-order valence-electron chi connectivity index (χ1n) is 10.1. The number of esters is 1. The van der Waals surface area contributed by atoms with Gasteiger partial charge in [0.05, 0.1) is 10.5 Å². The lowest BCUT2D eigenvalue weighted by atomic mass is 9.53. The van der Waals surface area contributed by atoms with E-state index in [0.717, 1.165) is 25.3 Å². The molecule has 10 heteroatoms. The second kappa shape index (κ2) is 7.58. The Bertz CT molecular complexity index is 879. The molecule has 4 saturated carbocycles. The van der Waals surface area contributed by atoms with E-state index in [9.17, 15) is 24.5 Å². The molecule has 4 N–H and O–H groups in total. The highest BCUT2D eigenvalue weighted by molar-refractivity contribution is 5.97. The number of nitro groups is 1. The van der Waals surface area contributed by atoms with Crippen LogP contribution in [0.25, 0.3) is 0 Å². The van der Waals surface area contributed by atoms with Crippen molar-refractivity contribution < 1.29 is 24.0 Å². The minimum atomic E-state index is -0.922. The first-order chi connectivity index (χ1) is 14.2. The van der Waals surface area contributed by atoms with Crippen molar-refractivity contribution in [1.82, 2.24) is 10.6 Å². The van der Waals surface area contributed by atoms with Crippen molar-refractivity contribution in [3.05, 3.63) is 33.9 Å². The van der Waals surface area contributed by atoms with E-state index in [1.165, 1.54) is 31.4 Å². The van der Waals surface area contributed by atoms with Crippen LogP contribution in [0.4, 0.5) is 16.2 Å². The normalized spacial score (nSPS) is 28.6. The van der Waals surface area contributed by atoms with Crippen LogP contribution in [0.15, 0.2) is 18.2 Å². The van der Waals surface area contributed by atoms with Gasteiger partial charge in [0.25, 0.3) is 11.6 Å². The summed E-state index contributed by atoms with van der Waals surface area (Å²) < 4.78 is 4.86. The van der Waals surface area contributed by atoms with Gasteiger partial charge in [0.1, 0.15) is 5.69 Å². The predicted molar refractivity (Wildman–Crippen MR) is 105 cm³/mol. The summed E-state index contributed by atoms with van der Waals surface area (Å²) in [6.07, 6.45) is 6.56. The molecule has 3 amide bonds. The molecule has 30 heavy (non-hydrogen) atoms. The van der Waals surface area contributed by atoms with Crippen LogP contribution in [-0.2, 0) is 9.53 Å². The van der Waals surface area contributed by atoms with Crippen molar-refractivity contribution in [2.24, 2.45) is 17.8 Å². The number of ether oxygens (including phenoxy) is 1. The summed E-state index contributed by atoms with van der Waals surface area (Å²) in [6.45, 7) is -0.675. The fourth-order valence-electron chi connectivity index (χ4n) is 5.74. The fraction of sp³-hybridized carbons (Fsp3) is 0.550. The number of hydrogen-bond donors (Lipinski definition) is 3. The van der Waals surface area contributed by atoms with Gasteiger partial charge in [-0.2, -0.15) is 0 Å². The average molecular weight is 416 g/mol. The zero-order valence-electron chi connectivity index (χ0n) is 16.4. The van der Waals surface area contributed by atoms with Crippen LogP contribution in [0.5, 0.6) is 0 Å². The minimum Gasteiger partial charge on any atom is -0.452 e. The summed E-state index contributed by atoms with van der Waals surface area (Å²) in [6, 6.07) is 2.88. The summed E-state index contributed by atoms with van der Waals surface area (Å²) in [5, 5.41) is 16.1. The highest BCUT2D eigenvalue weighted by atomic mass is 16.6. The van der Waals surface area contributed by atoms with Gasteiger partial charge < -0.3 is 15.8 Å². The molecule has 0 aromatic heterocycles. The van der Waals surface area contributed by atoms with Crippen molar-refractivity contribution in [3.8, 4) is 0 Å². The zero-order chi connectivity index (χ0) is 21.5. The topological polar surface area (TPSA) is 154 Å². The van der Waals surface area contributed by atoms with Crippen LogP contribution in [0.2, 0.25) is 0 Å². The molecule has 5 rings (SSSR count). The van der Waals surface area contributed by atoms with Gasteiger partial charge in [-0.05, 0) is 68.4 Å². The predicted octanol–water partition coefficient (Wildman–Crippen LogP) is 2.13. The van der Waals surface area contributed by atoms with Gasteiger partial charge in [0.2, 0.25) is 0 Å². The van der Waals surface area contributed by atoms with Gasteiger partial charge in [0, 0.05) is 11.6 Å². The van der Waals surface area contributed by atoms with Crippen LogP contribution in [-0.4, -0.2) is 35.0 Å². The monoisotopic (exact) mass is 416 g/mol. The Kier molecular flexibility index (Phi) is 5.08. The van der Waals surface area contributed by atoms with Crippen LogP contribution < -0.4 is 16.4 Å². The number of urea groups is 1. The Morgan fingerprint density at radius 2 is 1.73 bits per heavy atom. The Morgan fingerprint density at radius 1 is 1.13 bits per heavy atom. The van der Waals surface area contributed by atoms with E-state index in [2.05, 4.69) is 10.6 Å². The maximum Gasteiger partial charge on any atom is 0.338 e. The lowest BCUT2D eigenvalue weighted by Gasteiger charge is -2.56. The molecule has 4 aliphatic carbocycles. The lowest BCUT2D eigenvalue weighted by molar-refractivity contribution is -0.383. The van der Waals surface area contributed by atoms with E-state index < -0.39 is 35.1 Å². The Labute approximate surface area is 172 Å². The largest absolute Gasteiger partial charge is 0.452 e. The van der Waals surface area contributed by atoms with Crippen LogP contribution in [0.3, 0.4) is 0 Å². The Hall–Kier alpha value is -3.17. The quantitative estimate of drug-likeness (QED) is 0.287. The lowest BCUT2D eigenvalue weighted by Crippen LogP contribution is -2.62. The number of amides is 3. The number of benzene rings is 1. The Morgan fingerprint density at radius 3 is 2.30 bits per heavy atom. The molecule has 0 atom stereocenters. The number of hydrogen-bond acceptors (Lipinski definition) is 7. The number of rotatable bonds is 5. The molecule has 0 unspecified atom stereocenters. The number of anilines is 1. The van der Waals surface area contributed by atoms with Crippen molar-refractivity contribution in [1.29, 1.82) is 0 Å². The van der Waals surface area contributed by atoms with E-state index in [4.69, 9.17) is 10.5 Å². The molecular weight excluding hydrogens is 392 g/mol. The summed E-state index contributed by atoms with van der Waals surface area (Å²) in [5.74, 6) is 0.261. The molecule has 160 valence electrons. The first-order valence-corrected chi connectivity index (χ1v) is 10.1. The van der Waals surface area contributed by atoms with E-state index in [0.29, 0.717) is 17.8 Å². The van der Waals surface area contributed by atoms with Crippen molar-refractivity contribution in [3.63, 3.8) is 0 Å². The first kappa shape index (κ1) is 20.1. The number of imide groups is 1. The summed E-state index contributed by atoms with van der Waals surface area (Å²) in [7, 11) is 0. The number of nitrogens with zero attached hydrogens (tertiary/aromatic N) is 1. The average Bonchev–Trinajstić information content (AvgIpc) is 2.64. The molecule has 4 bridgehead atoms. The molecule has 0 heterocycles. The SMILES string of the molecule is Nc1ccc(C(=O)OCC(=O)NC(=O)NC23CC4CC(CC(C4)C2)C3)cc1[N+](=O)[O-]. The number of nitrogens with one attached hydrogen (secondary N) is 2. The van der Waals surface area contributed by atoms with Gasteiger partial charge in [-0.15, -0.1) is 0 Å². The summed E-state index contributed by atoms with van der Waals surface area (Å²) >= 11 is 0. The fourth-order valence-corrected chi connectivity index (χ4v) is 5.74. The van der Waals surface area contributed by atoms with Crippen molar-refractivity contribution in [2.45, 2.75) is 44.1 Å². The van der Waals surface area contributed by atoms with Gasteiger partial charge >= 0.3 is 12.0 Å². The van der Waals surface area contributed by atoms with Crippen molar-refractivity contribution >= 4 is 29.3 Å². The highest BCUT2D eigenvalue weighted by Gasteiger charge is 2.51. The molecule has 0 spiro atoms. The molecule has 4 fully saturated rings. The number of nitro benzene ring substituents is 1. The van der Waals surface area contributed by atoms with E-state index in [1.807, 2.05) is 0 Å². The third kappa shape index (κ3) is 4.07. The third-order valence-corrected chi connectivity index (χ3v) is 6.47. The minimum absolute atomic E-state index is 0.0874. The van der Waals surface area contributed by atoms with Gasteiger partial charge in [-0.3, -0.25) is 20.2 Å². The molecular formula is C20H24N4O6. The second-order valence-electron chi connectivity index (χ2n) is 8.81. The van der Waals surface area contributed by atoms with Crippen LogP contribution in [0, 0.1) is 27.9 Å². The van der Waals surface area contributed by atoms with Crippen LogP contribution in [0.1, 0.15) is 48.9 Å².